The third-order valence-electron chi connectivity index (χ3n) is 1.98. The van der Waals surface area contributed by atoms with E-state index in [1.807, 2.05) is 21.1 Å². The quantitative estimate of drug-likeness (QED) is 0.368. The Balaban J connectivity index is 0. The molecule has 0 saturated heterocycles. The van der Waals surface area contributed by atoms with Gasteiger partial charge in [-0.15, -0.1) is 0 Å². The number of hydrogen-bond donors (Lipinski definition) is 2. The highest BCUT2D eigenvalue weighted by Crippen LogP contribution is 1.98. The zero-order valence-electron chi connectivity index (χ0n) is 10.5. The average molecular weight is 269 g/mol. The molecule has 0 aliphatic heterocycles. The zero-order valence-corrected chi connectivity index (χ0v) is 11.2. The van der Waals surface area contributed by atoms with Crippen LogP contribution in [0.4, 0.5) is 0 Å². The Bertz CT molecular complexity index is 253. The van der Waals surface area contributed by atoms with Crippen molar-refractivity contribution in [1.29, 1.82) is 0 Å². The van der Waals surface area contributed by atoms with Crippen molar-refractivity contribution in [3.8, 4) is 0 Å². The van der Waals surface area contributed by atoms with Gasteiger partial charge in [0.15, 0.2) is 0 Å². The summed E-state index contributed by atoms with van der Waals surface area (Å²) in [5, 5.41) is 8.42. The van der Waals surface area contributed by atoms with E-state index in [0.717, 1.165) is 0 Å². The number of ether oxygens (including phenoxy) is 1. The Kier molecular flexibility index (Phi) is 9.01. The van der Waals surface area contributed by atoms with Crippen LogP contribution >= 0.6 is 0 Å². The number of nitrogens with zero attached hydrogens (tertiary/aromatic N) is 1. The number of esters is 1. The van der Waals surface area contributed by atoms with Crippen molar-refractivity contribution in [3.05, 3.63) is 0 Å². The number of carbonyl (C=O) groups is 2. The van der Waals surface area contributed by atoms with Crippen molar-refractivity contribution in [2.45, 2.75) is 18.9 Å². The van der Waals surface area contributed by atoms with Gasteiger partial charge in [-0.1, -0.05) is 0 Å². The Labute approximate surface area is 108 Å². The van der Waals surface area contributed by atoms with Crippen molar-refractivity contribution in [2.75, 3.05) is 34.3 Å². The van der Waals surface area contributed by atoms with E-state index < -0.39 is 18.0 Å². The minimum absolute atomic E-state index is 0. The summed E-state index contributed by atoms with van der Waals surface area (Å²) in [6.45, 7) is 0.987. The monoisotopic (exact) mass is 268 g/mol. The fourth-order valence-electron chi connectivity index (χ4n) is 0.924. The molecule has 0 aliphatic carbocycles. The Morgan fingerprint density at radius 2 is 1.88 bits per heavy atom. The number of carbonyl (C=O) groups excluding carboxylic acids is 1. The van der Waals surface area contributed by atoms with E-state index in [-0.39, 0.29) is 25.2 Å². The molecule has 17 heavy (non-hydrogen) atoms. The highest BCUT2D eigenvalue weighted by atomic mass is 35.5. The number of likely N-dealkylation sites (N-methyl/N-ethyl adjacent to an activating group) is 1. The van der Waals surface area contributed by atoms with Gasteiger partial charge in [0.25, 0.3) is 0 Å². The summed E-state index contributed by atoms with van der Waals surface area (Å²) in [4.78, 5) is 21.6. The van der Waals surface area contributed by atoms with Crippen LogP contribution < -0.4 is 18.1 Å². The molecule has 0 spiro atoms. The van der Waals surface area contributed by atoms with Crippen molar-refractivity contribution in [1.82, 2.24) is 0 Å². The summed E-state index contributed by atoms with van der Waals surface area (Å²) in [7, 11) is 5.95. The second-order valence-electron chi connectivity index (χ2n) is 4.72. The fraction of sp³-hybridized carbons (Fsp3) is 0.800. The largest absolute Gasteiger partial charge is 1.00 e. The lowest BCUT2D eigenvalue weighted by molar-refractivity contribution is -0.870. The molecule has 0 rings (SSSR count). The molecular weight excluding hydrogens is 248 g/mol. The van der Waals surface area contributed by atoms with E-state index in [9.17, 15) is 9.59 Å². The predicted molar refractivity (Wildman–Crippen MR) is 58.7 cm³/mol. The first-order valence-electron chi connectivity index (χ1n) is 5.17. The topological polar surface area (TPSA) is 89.6 Å². The molecule has 0 saturated carbocycles. The van der Waals surface area contributed by atoms with E-state index in [0.29, 0.717) is 17.6 Å². The standard InChI is InChI=1S/C10H20N2O4.ClH/c1-12(2,3)6-7-16-10(15)8(11)4-5-9(13)14;/h8H,4-7,11H2,1-3H3;1H/t8-;/m0./s1. The molecule has 0 aromatic rings. The van der Waals surface area contributed by atoms with Crippen LogP contribution in [0.25, 0.3) is 0 Å². The second kappa shape index (κ2) is 8.27. The summed E-state index contributed by atoms with van der Waals surface area (Å²) in [5.41, 5.74) is 5.47. The van der Waals surface area contributed by atoms with Gasteiger partial charge in [-0.2, -0.15) is 0 Å². The van der Waals surface area contributed by atoms with Crippen LogP contribution in [0.15, 0.2) is 0 Å². The smallest absolute Gasteiger partial charge is 0.323 e. The van der Waals surface area contributed by atoms with Gasteiger partial charge in [-0.05, 0) is 6.42 Å². The summed E-state index contributed by atoms with van der Waals surface area (Å²) in [5.74, 6) is -1.50. The minimum atomic E-state index is -0.963. The SMILES string of the molecule is C[N+](C)(C)CCOC(=O)[C@@H](N)CCC(=O)O.[Cl-]. The molecule has 0 bridgehead atoms. The third kappa shape index (κ3) is 11.4. The van der Waals surface area contributed by atoms with Crippen molar-refractivity contribution in [3.63, 3.8) is 0 Å². The van der Waals surface area contributed by atoms with Crippen LogP contribution in [0, 0.1) is 0 Å². The van der Waals surface area contributed by atoms with E-state index in [1.165, 1.54) is 0 Å². The lowest BCUT2D eigenvalue weighted by atomic mass is 10.2. The molecule has 0 amide bonds. The molecular formula is C10H21ClN2O4. The van der Waals surface area contributed by atoms with Crippen LogP contribution in [0.5, 0.6) is 0 Å². The molecule has 1 atom stereocenters. The number of nitrogens with two attached hydrogens (primary N) is 1. The lowest BCUT2D eigenvalue weighted by Gasteiger charge is -2.23. The number of rotatable bonds is 7. The third-order valence-corrected chi connectivity index (χ3v) is 1.98. The van der Waals surface area contributed by atoms with Gasteiger partial charge < -0.3 is 32.5 Å². The van der Waals surface area contributed by atoms with E-state index >= 15 is 0 Å². The van der Waals surface area contributed by atoms with Gasteiger partial charge >= 0.3 is 11.9 Å². The summed E-state index contributed by atoms with van der Waals surface area (Å²) in [6.07, 6.45) is -0.00978. The molecule has 0 aromatic carbocycles. The van der Waals surface area contributed by atoms with Gasteiger partial charge in [0.05, 0.1) is 21.1 Å². The molecule has 0 fully saturated rings. The number of quaternary nitrogens is 1. The Morgan fingerprint density at radius 3 is 2.29 bits per heavy atom. The van der Waals surface area contributed by atoms with E-state index in [2.05, 4.69) is 0 Å². The summed E-state index contributed by atoms with van der Waals surface area (Å²) < 4.78 is 5.63. The van der Waals surface area contributed by atoms with Gasteiger partial charge in [0, 0.05) is 6.42 Å². The number of carboxylic acid groups (broad SMARTS) is 1. The molecule has 0 aliphatic rings. The van der Waals surface area contributed by atoms with Gasteiger partial charge in [-0.3, -0.25) is 9.59 Å². The maximum atomic E-state index is 11.3. The zero-order chi connectivity index (χ0) is 12.8. The first kappa shape index (κ1) is 18.5. The van der Waals surface area contributed by atoms with E-state index in [1.54, 1.807) is 0 Å². The highest BCUT2D eigenvalue weighted by molar-refractivity contribution is 5.76. The van der Waals surface area contributed by atoms with Crippen LogP contribution in [-0.4, -0.2) is 61.9 Å². The minimum Gasteiger partial charge on any atom is -1.00 e. The summed E-state index contributed by atoms with van der Waals surface area (Å²) in [6, 6.07) is -0.844. The number of hydrogen-bond acceptors (Lipinski definition) is 4. The van der Waals surface area contributed by atoms with Crippen molar-refractivity contribution >= 4 is 11.9 Å². The van der Waals surface area contributed by atoms with Crippen LogP contribution in [0.2, 0.25) is 0 Å². The number of carboxylic acids is 1. The lowest BCUT2D eigenvalue weighted by Crippen LogP contribution is -3.00. The van der Waals surface area contributed by atoms with Gasteiger partial charge in [-0.25, -0.2) is 0 Å². The van der Waals surface area contributed by atoms with Crippen molar-refractivity contribution < 1.29 is 36.3 Å². The van der Waals surface area contributed by atoms with Crippen LogP contribution in [-0.2, 0) is 14.3 Å². The summed E-state index contributed by atoms with van der Waals surface area (Å²) >= 11 is 0. The molecule has 7 heteroatoms. The molecule has 6 nitrogen and oxygen atoms in total. The van der Waals surface area contributed by atoms with Crippen molar-refractivity contribution in [2.24, 2.45) is 5.73 Å². The molecule has 0 aromatic heterocycles. The maximum absolute atomic E-state index is 11.3. The van der Waals surface area contributed by atoms with Gasteiger partial charge in [0.1, 0.15) is 19.2 Å². The first-order valence-corrected chi connectivity index (χ1v) is 5.17. The normalized spacial score (nSPS) is 12.5. The highest BCUT2D eigenvalue weighted by Gasteiger charge is 2.17. The fourth-order valence-corrected chi connectivity index (χ4v) is 0.924. The molecule has 102 valence electrons. The average Bonchev–Trinajstić information content (AvgIpc) is 2.11. The van der Waals surface area contributed by atoms with Crippen LogP contribution in [0.3, 0.4) is 0 Å². The first-order chi connectivity index (χ1) is 7.22. The molecule has 0 heterocycles. The Morgan fingerprint density at radius 1 is 1.35 bits per heavy atom. The van der Waals surface area contributed by atoms with Crippen LogP contribution in [0.1, 0.15) is 12.8 Å². The van der Waals surface area contributed by atoms with E-state index in [4.69, 9.17) is 15.6 Å². The number of aliphatic carboxylic acids is 1. The predicted octanol–water partition coefficient (Wildman–Crippen LogP) is -3.57. The molecule has 3 N–H and O–H groups in total. The molecule has 0 unspecified atom stereocenters. The second-order valence-corrected chi connectivity index (χ2v) is 4.72. The van der Waals surface area contributed by atoms with Gasteiger partial charge in [0.2, 0.25) is 0 Å². The molecule has 0 radical (unpaired) electrons. The maximum Gasteiger partial charge on any atom is 0.323 e. The number of halogens is 1. The Hall–Kier alpha value is -0.850.